The SMILES string of the molecule is Cc1cc(CN2CCCNCC2=O)c2ccccc2n1. The highest BCUT2D eigenvalue weighted by molar-refractivity contribution is 5.83. The first-order valence-corrected chi connectivity index (χ1v) is 7.08. The number of nitrogens with one attached hydrogen (secondary N) is 1. The number of amides is 1. The topological polar surface area (TPSA) is 45.2 Å². The zero-order valence-electron chi connectivity index (χ0n) is 11.7. The van der Waals surface area contributed by atoms with E-state index in [-0.39, 0.29) is 5.91 Å². The first kappa shape index (κ1) is 13.1. The van der Waals surface area contributed by atoms with Crippen LogP contribution in [0.4, 0.5) is 0 Å². The van der Waals surface area contributed by atoms with Gasteiger partial charge in [-0.2, -0.15) is 0 Å². The monoisotopic (exact) mass is 269 g/mol. The number of carbonyl (C=O) groups excluding carboxylic acids is 1. The maximum Gasteiger partial charge on any atom is 0.236 e. The lowest BCUT2D eigenvalue weighted by atomic mass is 10.1. The van der Waals surface area contributed by atoms with Crippen LogP contribution in [0.2, 0.25) is 0 Å². The molecular weight excluding hydrogens is 250 g/mol. The van der Waals surface area contributed by atoms with Gasteiger partial charge in [0.05, 0.1) is 12.1 Å². The van der Waals surface area contributed by atoms with Crippen molar-refractivity contribution in [2.24, 2.45) is 0 Å². The molecule has 1 fully saturated rings. The summed E-state index contributed by atoms with van der Waals surface area (Å²) >= 11 is 0. The predicted octanol–water partition coefficient (Wildman–Crippen LogP) is 1.87. The summed E-state index contributed by atoms with van der Waals surface area (Å²) in [6, 6.07) is 10.2. The number of aromatic nitrogens is 1. The van der Waals surface area contributed by atoms with Gasteiger partial charge in [0.25, 0.3) is 0 Å². The van der Waals surface area contributed by atoms with E-state index in [1.165, 1.54) is 5.56 Å². The Hall–Kier alpha value is -1.94. The van der Waals surface area contributed by atoms with Crippen molar-refractivity contribution in [2.45, 2.75) is 19.9 Å². The lowest BCUT2D eigenvalue weighted by Crippen LogP contribution is -2.34. The van der Waals surface area contributed by atoms with Crippen LogP contribution in [0.15, 0.2) is 30.3 Å². The number of nitrogens with zero attached hydrogens (tertiary/aromatic N) is 2. The normalized spacial score (nSPS) is 16.4. The van der Waals surface area contributed by atoms with Crippen LogP contribution in [0.3, 0.4) is 0 Å². The van der Waals surface area contributed by atoms with E-state index in [1.807, 2.05) is 30.0 Å². The van der Waals surface area contributed by atoms with Crippen molar-refractivity contribution in [1.82, 2.24) is 15.2 Å². The second-order valence-electron chi connectivity index (χ2n) is 5.29. The van der Waals surface area contributed by atoms with E-state index in [0.29, 0.717) is 13.1 Å². The van der Waals surface area contributed by atoms with Crippen LogP contribution >= 0.6 is 0 Å². The Kier molecular flexibility index (Phi) is 3.65. The molecule has 104 valence electrons. The molecule has 1 N–H and O–H groups in total. The fourth-order valence-corrected chi connectivity index (χ4v) is 2.73. The van der Waals surface area contributed by atoms with Crippen molar-refractivity contribution in [2.75, 3.05) is 19.6 Å². The van der Waals surface area contributed by atoms with Crippen LogP contribution in [0, 0.1) is 6.92 Å². The summed E-state index contributed by atoms with van der Waals surface area (Å²) in [6.45, 7) is 4.86. The third-order valence-electron chi connectivity index (χ3n) is 3.70. The second kappa shape index (κ2) is 5.59. The van der Waals surface area contributed by atoms with E-state index in [2.05, 4.69) is 22.4 Å². The predicted molar refractivity (Wildman–Crippen MR) is 79.4 cm³/mol. The molecule has 0 radical (unpaired) electrons. The number of fused-ring (bicyclic) bond motifs is 1. The molecule has 0 saturated carbocycles. The first-order chi connectivity index (χ1) is 9.74. The van der Waals surface area contributed by atoms with Crippen LogP contribution < -0.4 is 5.32 Å². The highest BCUT2D eigenvalue weighted by Crippen LogP contribution is 2.20. The van der Waals surface area contributed by atoms with Gasteiger partial charge >= 0.3 is 0 Å². The Labute approximate surface area is 118 Å². The Morgan fingerprint density at radius 1 is 1.35 bits per heavy atom. The minimum Gasteiger partial charge on any atom is -0.337 e. The summed E-state index contributed by atoms with van der Waals surface area (Å²) in [7, 11) is 0. The largest absolute Gasteiger partial charge is 0.337 e. The number of carbonyl (C=O) groups is 1. The summed E-state index contributed by atoms with van der Waals surface area (Å²) in [4.78, 5) is 18.6. The average Bonchev–Trinajstić information content (AvgIpc) is 2.64. The van der Waals surface area contributed by atoms with Gasteiger partial charge in [0.1, 0.15) is 0 Å². The van der Waals surface area contributed by atoms with Crippen LogP contribution in [-0.2, 0) is 11.3 Å². The second-order valence-corrected chi connectivity index (χ2v) is 5.29. The van der Waals surface area contributed by atoms with Crippen molar-refractivity contribution in [1.29, 1.82) is 0 Å². The van der Waals surface area contributed by atoms with Gasteiger partial charge in [0.2, 0.25) is 5.91 Å². The number of hydrogen-bond acceptors (Lipinski definition) is 3. The molecule has 0 unspecified atom stereocenters. The molecule has 20 heavy (non-hydrogen) atoms. The van der Waals surface area contributed by atoms with Gasteiger partial charge in [-0.3, -0.25) is 9.78 Å². The van der Waals surface area contributed by atoms with Crippen LogP contribution in [0.25, 0.3) is 10.9 Å². The summed E-state index contributed by atoms with van der Waals surface area (Å²) in [5, 5.41) is 4.30. The standard InChI is InChI=1S/C16H19N3O/c1-12-9-13(14-5-2-3-6-15(14)18-12)11-19-8-4-7-17-10-16(19)20/h2-3,5-6,9,17H,4,7-8,10-11H2,1H3. The molecule has 1 saturated heterocycles. The van der Waals surface area contributed by atoms with Crippen LogP contribution in [0.1, 0.15) is 17.7 Å². The van der Waals surface area contributed by atoms with Gasteiger partial charge in [-0.1, -0.05) is 18.2 Å². The molecule has 2 aromatic rings. The smallest absolute Gasteiger partial charge is 0.236 e. The Morgan fingerprint density at radius 2 is 2.20 bits per heavy atom. The van der Waals surface area contributed by atoms with Crippen molar-refractivity contribution in [3.63, 3.8) is 0 Å². The number of pyridine rings is 1. The highest BCUT2D eigenvalue weighted by Gasteiger charge is 2.17. The van der Waals surface area contributed by atoms with Gasteiger partial charge in [0.15, 0.2) is 0 Å². The molecule has 4 heteroatoms. The molecule has 0 spiro atoms. The number of para-hydroxylation sites is 1. The molecular formula is C16H19N3O. The van der Waals surface area contributed by atoms with Crippen molar-refractivity contribution < 1.29 is 4.79 Å². The van der Waals surface area contributed by atoms with Gasteiger partial charge in [-0.15, -0.1) is 0 Å². The lowest BCUT2D eigenvalue weighted by molar-refractivity contribution is -0.130. The minimum absolute atomic E-state index is 0.182. The Bertz CT molecular complexity index is 639. The molecule has 2 heterocycles. The fraction of sp³-hybridized carbons (Fsp3) is 0.375. The minimum atomic E-state index is 0.182. The van der Waals surface area contributed by atoms with Gasteiger partial charge in [-0.25, -0.2) is 0 Å². The summed E-state index contributed by atoms with van der Waals surface area (Å²) in [5.41, 5.74) is 3.19. The molecule has 1 aliphatic rings. The van der Waals surface area contributed by atoms with Crippen molar-refractivity contribution in [3.8, 4) is 0 Å². The number of hydrogen-bond donors (Lipinski definition) is 1. The number of benzene rings is 1. The van der Waals surface area contributed by atoms with Gasteiger partial charge in [0, 0.05) is 24.2 Å². The third kappa shape index (κ3) is 2.65. The van der Waals surface area contributed by atoms with E-state index in [9.17, 15) is 4.79 Å². The molecule has 4 nitrogen and oxygen atoms in total. The Balaban J connectivity index is 1.95. The van der Waals surface area contributed by atoms with Crippen molar-refractivity contribution >= 4 is 16.8 Å². The zero-order chi connectivity index (χ0) is 13.9. The molecule has 1 aliphatic heterocycles. The molecule has 0 bridgehead atoms. The molecule has 1 amide bonds. The fourth-order valence-electron chi connectivity index (χ4n) is 2.73. The third-order valence-corrected chi connectivity index (χ3v) is 3.70. The molecule has 0 atom stereocenters. The zero-order valence-corrected chi connectivity index (χ0v) is 11.7. The van der Waals surface area contributed by atoms with Gasteiger partial charge < -0.3 is 10.2 Å². The average molecular weight is 269 g/mol. The van der Waals surface area contributed by atoms with E-state index >= 15 is 0 Å². The summed E-state index contributed by atoms with van der Waals surface area (Å²) < 4.78 is 0. The lowest BCUT2D eigenvalue weighted by Gasteiger charge is -2.21. The van der Waals surface area contributed by atoms with Gasteiger partial charge in [-0.05, 0) is 37.6 Å². The van der Waals surface area contributed by atoms with Crippen molar-refractivity contribution in [3.05, 3.63) is 41.6 Å². The van der Waals surface area contributed by atoms with E-state index in [1.54, 1.807) is 0 Å². The maximum atomic E-state index is 12.1. The van der Waals surface area contributed by atoms with Crippen LogP contribution in [0.5, 0.6) is 0 Å². The molecule has 0 aliphatic carbocycles. The Morgan fingerprint density at radius 3 is 3.10 bits per heavy atom. The molecule has 1 aromatic carbocycles. The molecule has 3 rings (SSSR count). The maximum absolute atomic E-state index is 12.1. The first-order valence-electron chi connectivity index (χ1n) is 7.08. The molecule has 1 aromatic heterocycles. The summed E-state index contributed by atoms with van der Waals surface area (Å²) in [6.07, 6.45) is 1.01. The number of rotatable bonds is 2. The van der Waals surface area contributed by atoms with Crippen LogP contribution in [-0.4, -0.2) is 35.4 Å². The van der Waals surface area contributed by atoms with E-state index < -0.39 is 0 Å². The quantitative estimate of drug-likeness (QED) is 0.905. The van der Waals surface area contributed by atoms with E-state index in [4.69, 9.17) is 0 Å². The highest BCUT2D eigenvalue weighted by atomic mass is 16.2. The van der Waals surface area contributed by atoms with E-state index in [0.717, 1.165) is 36.1 Å². The summed E-state index contributed by atoms with van der Waals surface area (Å²) in [5.74, 6) is 0.182. The number of aryl methyl sites for hydroxylation is 1.